The van der Waals surface area contributed by atoms with Crippen LogP contribution in [0.2, 0.25) is 0 Å². The van der Waals surface area contributed by atoms with Crippen molar-refractivity contribution in [1.29, 1.82) is 10.5 Å². The lowest BCUT2D eigenvalue weighted by atomic mass is 10.1. The van der Waals surface area contributed by atoms with E-state index in [1.54, 1.807) is 0 Å². The van der Waals surface area contributed by atoms with Crippen LogP contribution in [-0.4, -0.2) is 4.90 Å². The molecule has 1 aliphatic rings. The fraction of sp³-hybridized carbons (Fsp3) is 0.143. The molecule has 0 unspecified atom stereocenters. The zero-order valence-electron chi connectivity index (χ0n) is 9.71. The average molecular weight is 253 g/mol. The first-order valence-corrected chi connectivity index (χ1v) is 6.30. The molecular weight excluding hydrogens is 242 g/mol. The molecule has 0 aliphatic carbocycles. The summed E-state index contributed by atoms with van der Waals surface area (Å²) in [4.78, 5) is 2.87. The molecule has 0 radical (unpaired) electrons. The van der Waals surface area contributed by atoms with Crippen LogP contribution in [0.15, 0.2) is 53.2 Å². The highest BCUT2D eigenvalue weighted by Gasteiger charge is 2.12. The Morgan fingerprint density at radius 2 is 1.94 bits per heavy atom. The Morgan fingerprint density at radius 3 is 2.61 bits per heavy atom. The van der Waals surface area contributed by atoms with E-state index in [0.717, 1.165) is 16.7 Å². The van der Waals surface area contributed by atoms with E-state index in [2.05, 4.69) is 11.5 Å². The maximum atomic E-state index is 9.00. The van der Waals surface area contributed by atoms with Crippen molar-refractivity contribution in [3.05, 3.63) is 58.8 Å². The fourth-order valence-electron chi connectivity index (χ4n) is 1.78. The molecule has 1 aromatic carbocycles. The minimum absolute atomic E-state index is 0.556. The fourth-order valence-corrected chi connectivity index (χ4v) is 2.31. The van der Waals surface area contributed by atoms with Gasteiger partial charge in [-0.3, -0.25) is 0 Å². The molecule has 0 N–H and O–H groups in total. The number of thioether (sulfide) groups is 1. The molecule has 0 atom stereocenters. The summed E-state index contributed by atoms with van der Waals surface area (Å²) in [5.74, 6) is 0. The van der Waals surface area contributed by atoms with Gasteiger partial charge in [-0.15, -0.1) is 0 Å². The van der Waals surface area contributed by atoms with Crippen LogP contribution < -0.4 is 0 Å². The topological polar surface area (TPSA) is 50.8 Å². The molecule has 1 heterocycles. The highest BCUT2D eigenvalue weighted by Crippen LogP contribution is 2.27. The smallest absolute Gasteiger partial charge is 0.138 e. The van der Waals surface area contributed by atoms with E-state index in [-0.39, 0.29) is 0 Å². The molecule has 1 aromatic rings. The quantitative estimate of drug-likeness (QED) is 0.775. The van der Waals surface area contributed by atoms with Crippen LogP contribution in [0, 0.1) is 22.0 Å². The van der Waals surface area contributed by atoms with E-state index in [4.69, 9.17) is 10.5 Å². The van der Waals surface area contributed by atoms with Crippen molar-refractivity contribution in [2.45, 2.75) is 13.0 Å². The molecular formula is C14H11N3S. The molecule has 0 fully saturated rings. The van der Waals surface area contributed by atoms with Gasteiger partial charge in [-0.2, -0.15) is 10.5 Å². The summed E-state index contributed by atoms with van der Waals surface area (Å²) in [5, 5.41) is 19.8. The first-order chi connectivity index (χ1) is 8.81. The van der Waals surface area contributed by atoms with Gasteiger partial charge in [0.15, 0.2) is 0 Å². The lowest BCUT2D eigenvalue weighted by Gasteiger charge is -2.21. The lowest BCUT2D eigenvalue weighted by molar-refractivity contribution is 0.488. The van der Waals surface area contributed by atoms with Crippen LogP contribution in [-0.2, 0) is 6.54 Å². The molecule has 18 heavy (non-hydrogen) atoms. The number of allylic oxidation sites excluding steroid dienone is 2. The molecule has 4 heteroatoms. The first-order valence-electron chi connectivity index (χ1n) is 5.49. The van der Waals surface area contributed by atoms with Gasteiger partial charge in [0.05, 0.1) is 11.6 Å². The third kappa shape index (κ3) is 3.16. The second-order valence-corrected chi connectivity index (χ2v) is 4.80. The van der Waals surface area contributed by atoms with Crippen molar-refractivity contribution < 1.29 is 0 Å². The number of nitrogens with zero attached hydrogens (tertiary/aromatic N) is 3. The van der Waals surface area contributed by atoms with Crippen LogP contribution in [0.1, 0.15) is 12.0 Å². The zero-order chi connectivity index (χ0) is 12.8. The van der Waals surface area contributed by atoms with Crippen molar-refractivity contribution in [2.24, 2.45) is 0 Å². The zero-order valence-corrected chi connectivity index (χ0v) is 10.5. The minimum Gasteiger partial charge on any atom is -0.348 e. The molecule has 1 aliphatic heterocycles. The SMILES string of the molecule is N#CSC1=CN(Cc2ccccc2)C=C(C#N)C1. The molecule has 0 aromatic heterocycles. The second-order valence-electron chi connectivity index (χ2n) is 3.89. The summed E-state index contributed by atoms with van der Waals surface area (Å²) in [6, 6.07) is 12.2. The number of rotatable bonds is 3. The molecule has 0 amide bonds. The van der Waals surface area contributed by atoms with Crippen molar-refractivity contribution in [3.8, 4) is 11.5 Å². The van der Waals surface area contributed by atoms with E-state index < -0.39 is 0 Å². The maximum absolute atomic E-state index is 9.00. The minimum atomic E-state index is 0.556. The highest BCUT2D eigenvalue weighted by atomic mass is 32.2. The van der Waals surface area contributed by atoms with Gasteiger partial charge in [-0.1, -0.05) is 30.3 Å². The van der Waals surface area contributed by atoms with Gasteiger partial charge in [0.2, 0.25) is 0 Å². The van der Waals surface area contributed by atoms with Gasteiger partial charge in [0, 0.05) is 30.3 Å². The van der Waals surface area contributed by atoms with Crippen molar-refractivity contribution >= 4 is 11.8 Å². The summed E-state index contributed by atoms with van der Waals surface area (Å²) in [7, 11) is 0. The summed E-state index contributed by atoms with van der Waals surface area (Å²) in [5.41, 5.74) is 1.86. The molecule has 3 nitrogen and oxygen atoms in total. The number of nitriles is 2. The Bertz CT molecular complexity index is 561. The van der Waals surface area contributed by atoms with E-state index in [0.29, 0.717) is 18.5 Å². The standard InChI is InChI=1S/C14H11N3S/c15-7-13-6-14(18-11-16)10-17(9-13)8-12-4-2-1-3-5-12/h1-5,9-10H,6,8H2. The van der Waals surface area contributed by atoms with Crippen molar-refractivity contribution in [2.75, 3.05) is 0 Å². The highest BCUT2D eigenvalue weighted by molar-refractivity contribution is 8.07. The second kappa shape index (κ2) is 5.95. The van der Waals surface area contributed by atoms with Crippen LogP contribution in [0.5, 0.6) is 0 Å². The first kappa shape index (κ1) is 12.3. The molecule has 0 saturated carbocycles. The predicted octanol–water partition coefficient (Wildman–Crippen LogP) is 3.36. The summed E-state index contributed by atoms with van der Waals surface area (Å²) in [6.45, 7) is 0.710. The Labute approximate surface area is 111 Å². The van der Waals surface area contributed by atoms with E-state index >= 15 is 0 Å². The van der Waals surface area contributed by atoms with Gasteiger partial charge in [-0.05, 0) is 17.3 Å². The maximum Gasteiger partial charge on any atom is 0.138 e. The van der Waals surface area contributed by atoms with Gasteiger partial charge >= 0.3 is 0 Å². The summed E-state index contributed by atoms with van der Waals surface area (Å²) >= 11 is 1.12. The van der Waals surface area contributed by atoms with Gasteiger partial charge < -0.3 is 4.90 Å². The van der Waals surface area contributed by atoms with Gasteiger partial charge in [0.1, 0.15) is 5.40 Å². The number of benzene rings is 1. The Kier molecular flexibility index (Phi) is 4.06. The van der Waals surface area contributed by atoms with Crippen LogP contribution >= 0.6 is 11.8 Å². The molecule has 2 rings (SSSR count). The third-order valence-electron chi connectivity index (χ3n) is 2.52. The van der Waals surface area contributed by atoms with Crippen molar-refractivity contribution in [1.82, 2.24) is 4.90 Å². The van der Waals surface area contributed by atoms with Crippen LogP contribution in [0.25, 0.3) is 0 Å². The Hall–Kier alpha value is -2.17. The largest absolute Gasteiger partial charge is 0.348 e. The molecule has 88 valence electrons. The number of hydrogen-bond acceptors (Lipinski definition) is 4. The normalized spacial score (nSPS) is 14.2. The van der Waals surface area contributed by atoms with Gasteiger partial charge in [0.25, 0.3) is 0 Å². The number of hydrogen-bond donors (Lipinski definition) is 0. The van der Waals surface area contributed by atoms with E-state index in [9.17, 15) is 0 Å². The van der Waals surface area contributed by atoms with Crippen molar-refractivity contribution in [3.63, 3.8) is 0 Å². The monoisotopic (exact) mass is 253 g/mol. The van der Waals surface area contributed by atoms with Crippen LogP contribution in [0.3, 0.4) is 0 Å². The van der Waals surface area contributed by atoms with E-state index in [1.807, 2.05) is 47.6 Å². The van der Waals surface area contributed by atoms with Gasteiger partial charge in [-0.25, -0.2) is 0 Å². The van der Waals surface area contributed by atoms with E-state index in [1.165, 1.54) is 5.56 Å². The average Bonchev–Trinajstić information content (AvgIpc) is 2.40. The Morgan fingerprint density at radius 1 is 1.17 bits per heavy atom. The predicted molar refractivity (Wildman–Crippen MR) is 71.6 cm³/mol. The third-order valence-corrected chi connectivity index (χ3v) is 3.13. The summed E-state index contributed by atoms with van der Waals surface area (Å²) in [6.07, 6.45) is 4.33. The van der Waals surface area contributed by atoms with Crippen LogP contribution in [0.4, 0.5) is 0 Å². The molecule has 0 spiro atoms. The summed E-state index contributed by atoms with van der Waals surface area (Å²) < 4.78 is 0. The number of thiocyanates is 1. The lowest BCUT2D eigenvalue weighted by Crippen LogP contribution is -2.14. The Balaban J connectivity index is 2.16. The molecule has 0 bridgehead atoms. The molecule has 0 saturated heterocycles.